The molecular formula is C46H32F3N3O. The molecule has 0 bridgehead atoms. The molecule has 0 saturated carbocycles. The maximum atomic E-state index is 14.4. The van der Waals surface area contributed by atoms with Gasteiger partial charge < -0.3 is 13.9 Å². The van der Waals surface area contributed by atoms with Crippen molar-refractivity contribution in [1.29, 1.82) is 0 Å². The first-order chi connectivity index (χ1) is 25.8. The third kappa shape index (κ3) is 5.35. The Bertz CT molecular complexity index is 2910. The molecule has 7 heteroatoms. The van der Waals surface area contributed by atoms with Crippen LogP contribution in [0.15, 0.2) is 161 Å². The first-order valence-electron chi connectivity index (χ1n) is 17.4. The van der Waals surface area contributed by atoms with E-state index in [0.717, 1.165) is 55.8 Å². The maximum absolute atomic E-state index is 14.4. The van der Waals surface area contributed by atoms with Crippen LogP contribution in [-0.4, -0.2) is 17.3 Å². The molecule has 0 saturated heterocycles. The van der Waals surface area contributed by atoms with Crippen LogP contribution in [0.5, 0.6) is 0 Å². The quantitative estimate of drug-likeness (QED) is 0.183. The van der Waals surface area contributed by atoms with Crippen LogP contribution in [-0.2, 0) is 6.18 Å². The molecule has 3 heterocycles. The van der Waals surface area contributed by atoms with Gasteiger partial charge in [0.25, 0.3) is 0 Å². The van der Waals surface area contributed by atoms with E-state index in [1.54, 1.807) is 6.07 Å². The van der Waals surface area contributed by atoms with E-state index in [4.69, 9.17) is 9.41 Å². The van der Waals surface area contributed by atoms with Crippen LogP contribution in [0.2, 0.25) is 0 Å². The molecule has 6 aromatic carbocycles. The standard InChI is InChI=1S/C46H32F3N3O/c1-3-4-22-42-43(45-50-44(34-18-10-12-20-38(34)51(45)2)33-17-8-11-19-37(33)46(47,48)49)36-28-30(24-26-41(36)53-42)29-23-25-40-35(27-29)32-16-9-13-21-39(32)52(40)31-14-6-5-7-15-31/h3-28H,1-2H3/b4-3-,42-22+,45-43-. The van der Waals surface area contributed by atoms with Gasteiger partial charge in [0.05, 0.1) is 33.2 Å². The summed E-state index contributed by atoms with van der Waals surface area (Å²) >= 11 is 0. The molecule has 0 atom stereocenters. The number of halogens is 3. The zero-order valence-corrected chi connectivity index (χ0v) is 28.9. The van der Waals surface area contributed by atoms with Gasteiger partial charge in [0, 0.05) is 40.0 Å². The van der Waals surface area contributed by atoms with Crippen LogP contribution >= 0.6 is 0 Å². The molecule has 8 aromatic rings. The Labute approximate surface area is 303 Å². The van der Waals surface area contributed by atoms with Gasteiger partial charge in [-0.25, -0.2) is 4.99 Å². The van der Waals surface area contributed by atoms with E-state index in [1.807, 2.05) is 91.7 Å². The highest BCUT2D eigenvalue weighted by molar-refractivity contribution is 6.20. The number of anilines is 1. The van der Waals surface area contributed by atoms with Crippen LogP contribution in [0.25, 0.3) is 61.5 Å². The second kappa shape index (κ2) is 12.6. The summed E-state index contributed by atoms with van der Waals surface area (Å²) in [4.78, 5) is 7.01. The molecule has 0 N–H and O–H groups in total. The van der Waals surface area contributed by atoms with Crippen molar-refractivity contribution >= 4 is 56.1 Å². The van der Waals surface area contributed by atoms with Crippen molar-refractivity contribution in [3.05, 3.63) is 179 Å². The summed E-state index contributed by atoms with van der Waals surface area (Å²) in [5.41, 5.74) is 7.43. The highest BCUT2D eigenvalue weighted by Gasteiger charge is 2.36. The van der Waals surface area contributed by atoms with E-state index in [-0.39, 0.29) is 11.3 Å². The average Bonchev–Trinajstić information content (AvgIpc) is 3.72. The molecule has 1 aliphatic heterocycles. The summed E-state index contributed by atoms with van der Waals surface area (Å²) in [7, 11) is 1.89. The van der Waals surface area contributed by atoms with Crippen LogP contribution in [0.3, 0.4) is 0 Å². The third-order valence-corrected chi connectivity index (χ3v) is 9.94. The fourth-order valence-corrected chi connectivity index (χ4v) is 7.52. The lowest BCUT2D eigenvalue weighted by Gasteiger charge is -2.29. The number of fused-ring (bicyclic) bond motifs is 5. The monoisotopic (exact) mass is 699 g/mol. The van der Waals surface area contributed by atoms with E-state index >= 15 is 0 Å². The van der Waals surface area contributed by atoms with Crippen molar-refractivity contribution in [2.75, 3.05) is 11.9 Å². The average molecular weight is 700 g/mol. The number of alkyl halides is 3. The van der Waals surface area contributed by atoms with Gasteiger partial charge in [-0.3, -0.25) is 0 Å². The number of para-hydroxylation sites is 3. The Morgan fingerprint density at radius 3 is 2.11 bits per heavy atom. The Balaban J connectivity index is 1.31. The second-order valence-corrected chi connectivity index (χ2v) is 13.1. The van der Waals surface area contributed by atoms with Gasteiger partial charge in [-0.1, -0.05) is 97.1 Å². The van der Waals surface area contributed by atoms with Crippen molar-refractivity contribution in [1.82, 2.24) is 4.57 Å². The summed E-state index contributed by atoms with van der Waals surface area (Å²) in [6, 6.07) is 44.5. The normalized spacial score (nSPS) is 14.8. The van der Waals surface area contributed by atoms with Crippen molar-refractivity contribution in [3.63, 3.8) is 0 Å². The molecule has 0 fully saturated rings. The minimum atomic E-state index is -4.56. The Morgan fingerprint density at radius 2 is 1.32 bits per heavy atom. The van der Waals surface area contributed by atoms with Gasteiger partial charge >= 0.3 is 6.18 Å². The molecule has 53 heavy (non-hydrogen) atoms. The van der Waals surface area contributed by atoms with E-state index in [9.17, 15) is 13.2 Å². The molecule has 0 amide bonds. The molecule has 0 aliphatic carbocycles. The molecular weight excluding hydrogens is 668 g/mol. The summed E-state index contributed by atoms with van der Waals surface area (Å²) in [5, 5.41) is 3.78. The van der Waals surface area contributed by atoms with Crippen molar-refractivity contribution in [2.45, 2.75) is 13.1 Å². The molecule has 0 unspecified atom stereocenters. The summed E-state index contributed by atoms with van der Waals surface area (Å²) in [5.74, 6) is 0.490. The number of aliphatic imine (C=N–C) groups is 1. The number of aromatic nitrogens is 1. The van der Waals surface area contributed by atoms with Crippen LogP contribution in [0.4, 0.5) is 18.9 Å². The lowest BCUT2D eigenvalue weighted by molar-refractivity contribution is -0.137. The highest BCUT2D eigenvalue weighted by atomic mass is 19.4. The van der Waals surface area contributed by atoms with Crippen molar-refractivity contribution < 1.29 is 17.6 Å². The summed E-state index contributed by atoms with van der Waals surface area (Å²) < 4.78 is 52.0. The number of nitrogens with zero attached hydrogens (tertiary/aromatic N) is 3. The summed E-state index contributed by atoms with van der Waals surface area (Å²) in [6.45, 7) is 1.92. The molecule has 4 nitrogen and oxygen atoms in total. The minimum Gasteiger partial charge on any atom is -0.456 e. The summed E-state index contributed by atoms with van der Waals surface area (Å²) in [6.07, 6.45) is 1.11. The van der Waals surface area contributed by atoms with E-state index in [1.165, 1.54) is 12.1 Å². The Hall–Kier alpha value is -6.60. The molecule has 0 spiro atoms. The van der Waals surface area contributed by atoms with Gasteiger partial charge in [0.1, 0.15) is 16.8 Å². The molecule has 0 radical (unpaired) electrons. The third-order valence-electron chi connectivity index (χ3n) is 9.94. The topological polar surface area (TPSA) is 33.7 Å². The minimum absolute atomic E-state index is 0.0218. The molecule has 1 aliphatic rings. The SMILES string of the molecule is C\C=C/C=c1/oc2ccc(-c3ccc4c(c3)c3ccccc3n4-c3ccccc3)cc2/c1=C1\N=C(c2ccccc2C(F)(F)F)c2ccccc2N1C. The fourth-order valence-electron chi connectivity index (χ4n) is 7.52. The highest BCUT2D eigenvalue weighted by Crippen LogP contribution is 2.38. The number of furan rings is 1. The van der Waals surface area contributed by atoms with E-state index < -0.39 is 11.7 Å². The number of hydrogen-bond acceptors (Lipinski definition) is 3. The first-order valence-corrected chi connectivity index (χ1v) is 17.4. The van der Waals surface area contributed by atoms with Gasteiger partial charge in [-0.2, -0.15) is 13.2 Å². The van der Waals surface area contributed by atoms with Crippen LogP contribution in [0.1, 0.15) is 23.6 Å². The Morgan fingerprint density at radius 1 is 0.660 bits per heavy atom. The van der Waals surface area contributed by atoms with Gasteiger partial charge in [0.15, 0.2) is 0 Å². The first kappa shape index (κ1) is 32.3. The predicted octanol–water partition coefficient (Wildman–Crippen LogP) is 10.6. The molecule has 2 aromatic heterocycles. The van der Waals surface area contributed by atoms with E-state index in [0.29, 0.717) is 27.6 Å². The maximum Gasteiger partial charge on any atom is 0.417 e. The number of hydrogen-bond donors (Lipinski definition) is 0. The van der Waals surface area contributed by atoms with Gasteiger partial charge in [0.2, 0.25) is 0 Å². The number of rotatable bonds is 4. The van der Waals surface area contributed by atoms with Crippen LogP contribution in [0, 0.1) is 0 Å². The lowest BCUT2D eigenvalue weighted by atomic mass is 9.94. The van der Waals surface area contributed by atoms with E-state index in [2.05, 4.69) is 65.2 Å². The van der Waals surface area contributed by atoms with Crippen molar-refractivity contribution in [2.24, 2.45) is 4.99 Å². The zero-order valence-electron chi connectivity index (χ0n) is 28.9. The zero-order chi connectivity index (χ0) is 36.3. The largest absolute Gasteiger partial charge is 0.456 e. The van der Waals surface area contributed by atoms with Gasteiger partial charge in [-0.15, -0.1) is 0 Å². The predicted molar refractivity (Wildman–Crippen MR) is 210 cm³/mol. The molecule has 9 rings (SSSR count). The number of benzene rings is 6. The van der Waals surface area contributed by atoms with Crippen LogP contribution < -0.4 is 15.5 Å². The number of allylic oxidation sites excluding steroid dienone is 2. The molecule has 258 valence electrons. The lowest BCUT2D eigenvalue weighted by Crippen LogP contribution is -2.34. The van der Waals surface area contributed by atoms with Gasteiger partial charge in [-0.05, 0) is 78.7 Å². The van der Waals surface area contributed by atoms with Crippen molar-refractivity contribution in [3.8, 4) is 16.8 Å². The fraction of sp³-hybridized carbons (Fsp3) is 0.0652. The second-order valence-electron chi connectivity index (χ2n) is 13.1. The smallest absolute Gasteiger partial charge is 0.417 e. The Kier molecular flexibility index (Phi) is 7.66.